The molecule has 0 saturated heterocycles. The Morgan fingerprint density at radius 2 is 1.24 bits per heavy atom. The highest BCUT2D eigenvalue weighted by Gasteiger charge is 2.28. The topological polar surface area (TPSA) is 21.9 Å². The number of rotatable bonds is 2. The van der Waals surface area contributed by atoms with Crippen molar-refractivity contribution in [3.63, 3.8) is 0 Å². The minimum atomic E-state index is 0.899. The van der Waals surface area contributed by atoms with Crippen molar-refractivity contribution < 1.29 is 8.98 Å². The Hall–Kier alpha value is -4.89. The van der Waals surface area contributed by atoms with Gasteiger partial charge in [0, 0.05) is 16.2 Å². The molecule has 5 aromatic carbocycles. The molecule has 3 aromatic heterocycles. The lowest BCUT2D eigenvalue weighted by Crippen LogP contribution is -2.32. The Morgan fingerprint density at radius 3 is 1.97 bits per heavy atom. The highest BCUT2D eigenvalue weighted by molar-refractivity contribution is 6.16. The standard InChI is InChI=1S/C35H25N2O/c1-22-24-12-4-3-11-23(24)19-20-25(22)34-35-33(28-15-7-10-18-32(28)38-35)31(21-36(34)2)37-29-16-8-5-13-26(29)27-14-6-9-17-30(27)37/h3-21H,1-2H3/q+1. The van der Waals surface area contributed by atoms with E-state index in [1.54, 1.807) is 0 Å². The monoisotopic (exact) mass is 489 g/mol. The van der Waals surface area contributed by atoms with Crippen LogP contribution < -0.4 is 4.57 Å². The van der Waals surface area contributed by atoms with E-state index in [2.05, 4.69) is 132 Å². The van der Waals surface area contributed by atoms with Gasteiger partial charge in [-0.2, -0.15) is 4.57 Å². The van der Waals surface area contributed by atoms with E-state index < -0.39 is 0 Å². The second-order valence-electron chi connectivity index (χ2n) is 10.1. The molecule has 0 spiro atoms. The Labute approximate surface area is 219 Å². The second-order valence-corrected chi connectivity index (χ2v) is 10.1. The summed E-state index contributed by atoms with van der Waals surface area (Å²) in [6, 6.07) is 38.8. The molecule has 3 heterocycles. The van der Waals surface area contributed by atoms with Crippen LogP contribution >= 0.6 is 0 Å². The number of furan rings is 1. The summed E-state index contributed by atoms with van der Waals surface area (Å²) in [6.07, 6.45) is 2.27. The molecular formula is C35H25N2O+. The van der Waals surface area contributed by atoms with Crippen LogP contribution in [0.4, 0.5) is 0 Å². The number of hydrogen-bond acceptors (Lipinski definition) is 1. The van der Waals surface area contributed by atoms with E-state index in [0.717, 1.165) is 33.3 Å². The van der Waals surface area contributed by atoms with Gasteiger partial charge in [0.05, 0.1) is 22.0 Å². The van der Waals surface area contributed by atoms with Gasteiger partial charge < -0.3 is 8.98 Å². The van der Waals surface area contributed by atoms with E-state index in [-0.39, 0.29) is 0 Å². The van der Waals surface area contributed by atoms with E-state index in [0.29, 0.717) is 0 Å². The van der Waals surface area contributed by atoms with Crippen LogP contribution in [0.3, 0.4) is 0 Å². The maximum Gasteiger partial charge on any atom is 0.256 e. The van der Waals surface area contributed by atoms with Crippen LogP contribution in [0.25, 0.3) is 71.5 Å². The fourth-order valence-electron chi connectivity index (χ4n) is 6.29. The number of pyridine rings is 1. The highest BCUT2D eigenvalue weighted by Crippen LogP contribution is 2.41. The molecule has 8 aromatic rings. The van der Waals surface area contributed by atoms with Gasteiger partial charge in [-0.25, -0.2) is 0 Å². The maximum atomic E-state index is 6.71. The lowest BCUT2D eigenvalue weighted by Gasteiger charge is -2.12. The number of hydrogen-bond donors (Lipinski definition) is 0. The lowest BCUT2D eigenvalue weighted by molar-refractivity contribution is -0.659. The molecule has 0 saturated carbocycles. The van der Waals surface area contributed by atoms with Crippen molar-refractivity contribution in [3.8, 4) is 16.9 Å². The third kappa shape index (κ3) is 2.81. The van der Waals surface area contributed by atoms with Crippen molar-refractivity contribution in [1.82, 2.24) is 4.57 Å². The molecular weight excluding hydrogens is 464 g/mol. The minimum absolute atomic E-state index is 0.899. The van der Waals surface area contributed by atoms with E-state index in [4.69, 9.17) is 4.42 Å². The van der Waals surface area contributed by atoms with Crippen molar-refractivity contribution in [2.45, 2.75) is 6.92 Å². The molecule has 180 valence electrons. The van der Waals surface area contributed by atoms with Gasteiger partial charge in [-0.1, -0.05) is 84.9 Å². The molecule has 0 N–H and O–H groups in total. The normalized spacial score (nSPS) is 11.9. The average molecular weight is 490 g/mol. The number of nitrogens with zero attached hydrogens (tertiary/aromatic N) is 2. The first-order chi connectivity index (χ1) is 18.7. The quantitative estimate of drug-likeness (QED) is 0.223. The molecule has 0 bridgehead atoms. The van der Waals surface area contributed by atoms with Gasteiger partial charge >= 0.3 is 0 Å². The van der Waals surface area contributed by atoms with Crippen molar-refractivity contribution >= 4 is 54.5 Å². The summed E-state index contributed by atoms with van der Waals surface area (Å²) in [4.78, 5) is 0. The van der Waals surface area contributed by atoms with Gasteiger partial charge in [0.25, 0.3) is 5.69 Å². The summed E-state index contributed by atoms with van der Waals surface area (Å²) < 4.78 is 11.3. The summed E-state index contributed by atoms with van der Waals surface area (Å²) in [5, 5.41) is 7.27. The molecule has 8 rings (SSSR count). The predicted octanol–water partition coefficient (Wildman–Crippen LogP) is 8.64. The largest absolute Gasteiger partial charge is 0.449 e. The van der Waals surface area contributed by atoms with Crippen molar-refractivity contribution in [1.29, 1.82) is 0 Å². The van der Waals surface area contributed by atoms with Gasteiger partial charge in [-0.3, -0.25) is 0 Å². The Bertz CT molecular complexity index is 2160. The molecule has 0 radical (unpaired) electrons. The third-order valence-corrected chi connectivity index (χ3v) is 8.01. The van der Waals surface area contributed by atoms with E-state index in [9.17, 15) is 0 Å². The Kier molecular flexibility index (Phi) is 4.36. The van der Waals surface area contributed by atoms with Crippen LogP contribution in [0.5, 0.6) is 0 Å². The first-order valence-electron chi connectivity index (χ1n) is 13.0. The van der Waals surface area contributed by atoms with Crippen molar-refractivity contribution in [2.75, 3.05) is 0 Å². The molecule has 0 amide bonds. The fourth-order valence-corrected chi connectivity index (χ4v) is 6.29. The van der Waals surface area contributed by atoms with E-state index in [1.807, 2.05) is 6.07 Å². The average Bonchev–Trinajstić information content (AvgIpc) is 3.50. The molecule has 3 heteroatoms. The lowest BCUT2D eigenvalue weighted by atomic mass is 9.96. The zero-order chi connectivity index (χ0) is 25.4. The number of para-hydroxylation sites is 3. The summed E-state index contributed by atoms with van der Waals surface area (Å²) in [7, 11) is 2.13. The van der Waals surface area contributed by atoms with E-state index >= 15 is 0 Å². The summed E-state index contributed by atoms with van der Waals surface area (Å²) in [5.74, 6) is 0. The molecule has 0 aliphatic heterocycles. The van der Waals surface area contributed by atoms with Crippen LogP contribution in [0, 0.1) is 6.92 Å². The summed E-state index contributed by atoms with van der Waals surface area (Å²) in [6.45, 7) is 2.22. The zero-order valence-corrected chi connectivity index (χ0v) is 21.3. The van der Waals surface area contributed by atoms with Gasteiger partial charge in [-0.05, 0) is 47.5 Å². The van der Waals surface area contributed by atoms with Crippen LogP contribution in [0.1, 0.15) is 5.56 Å². The van der Waals surface area contributed by atoms with Crippen LogP contribution in [-0.4, -0.2) is 4.57 Å². The number of benzene rings is 5. The maximum absolute atomic E-state index is 6.71. The molecule has 0 aliphatic carbocycles. The van der Waals surface area contributed by atoms with Crippen LogP contribution in [0.2, 0.25) is 0 Å². The third-order valence-electron chi connectivity index (χ3n) is 8.01. The fraction of sp³-hybridized carbons (Fsp3) is 0.0571. The number of aromatic nitrogens is 2. The van der Waals surface area contributed by atoms with Gasteiger partial charge in [0.1, 0.15) is 18.3 Å². The predicted molar refractivity (Wildman–Crippen MR) is 157 cm³/mol. The molecule has 0 atom stereocenters. The summed E-state index contributed by atoms with van der Waals surface area (Å²) in [5.41, 5.74) is 8.83. The second kappa shape index (κ2) is 7.80. The summed E-state index contributed by atoms with van der Waals surface area (Å²) >= 11 is 0. The van der Waals surface area contributed by atoms with Crippen molar-refractivity contribution in [2.24, 2.45) is 7.05 Å². The molecule has 0 fully saturated rings. The molecule has 38 heavy (non-hydrogen) atoms. The molecule has 0 aliphatic rings. The van der Waals surface area contributed by atoms with Crippen LogP contribution in [-0.2, 0) is 7.05 Å². The molecule has 3 nitrogen and oxygen atoms in total. The van der Waals surface area contributed by atoms with Crippen molar-refractivity contribution in [3.05, 3.63) is 121 Å². The van der Waals surface area contributed by atoms with E-state index in [1.165, 1.54) is 43.7 Å². The smallest absolute Gasteiger partial charge is 0.256 e. The zero-order valence-electron chi connectivity index (χ0n) is 21.3. The Balaban J connectivity index is 1.56. The minimum Gasteiger partial charge on any atom is -0.449 e. The number of fused-ring (bicyclic) bond motifs is 7. The first-order valence-corrected chi connectivity index (χ1v) is 13.0. The van der Waals surface area contributed by atoms with Gasteiger partial charge in [-0.15, -0.1) is 0 Å². The SMILES string of the molecule is Cc1c(-c2c3oc4ccccc4c3c(-n3c4ccccc4c4ccccc43)c[n+]2C)ccc2ccccc12. The molecule has 0 unspecified atom stereocenters. The Morgan fingerprint density at radius 1 is 0.632 bits per heavy atom. The number of aryl methyl sites for hydroxylation is 2. The van der Waals surface area contributed by atoms with Gasteiger partial charge in [0.2, 0.25) is 5.58 Å². The van der Waals surface area contributed by atoms with Crippen LogP contribution in [0.15, 0.2) is 120 Å². The first kappa shape index (κ1) is 21.2. The highest BCUT2D eigenvalue weighted by atomic mass is 16.3. The van der Waals surface area contributed by atoms with Gasteiger partial charge in [0.15, 0.2) is 6.20 Å².